The molecule has 1 aromatic carbocycles. The van der Waals surface area contributed by atoms with Crippen LogP contribution in [0.1, 0.15) is 45.1 Å². The average Bonchev–Trinajstić information content (AvgIpc) is 2.87. The predicted molar refractivity (Wildman–Crippen MR) is 137 cm³/mol. The quantitative estimate of drug-likeness (QED) is 0.459. The number of hydrogen-bond acceptors (Lipinski definition) is 8. The molecule has 2 aliphatic rings. The average molecular weight is 509 g/mol. The number of allylic oxidation sites excluding steroid dienone is 3. The Morgan fingerprint density at radius 1 is 1.22 bits per heavy atom. The van der Waals surface area contributed by atoms with Gasteiger partial charge in [0, 0.05) is 13.0 Å². The summed E-state index contributed by atoms with van der Waals surface area (Å²) in [5.74, 6) is 0.910. The van der Waals surface area contributed by atoms with Gasteiger partial charge >= 0.3 is 5.97 Å². The number of carbonyl (C=O) groups is 2. The SMILES string of the molecule is CC(C)(Oc1ccc(CC(=O)Nc2cncc(N3CCCC(OC4=C(O)CCC=C4)C3)n2)cc1)C(=O)O. The van der Waals surface area contributed by atoms with Gasteiger partial charge in [0.2, 0.25) is 5.91 Å². The summed E-state index contributed by atoms with van der Waals surface area (Å²) in [6, 6.07) is 6.72. The maximum Gasteiger partial charge on any atom is 0.347 e. The first kappa shape index (κ1) is 26.0. The maximum atomic E-state index is 12.6. The second kappa shape index (κ2) is 11.3. The van der Waals surface area contributed by atoms with Crippen molar-refractivity contribution in [2.24, 2.45) is 0 Å². The van der Waals surface area contributed by atoms with Crippen molar-refractivity contribution in [3.05, 3.63) is 65.9 Å². The zero-order chi connectivity index (χ0) is 26.4. The molecule has 196 valence electrons. The van der Waals surface area contributed by atoms with Crippen LogP contribution in [0.3, 0.4) is 0 Å². The number of anilines is 2. The lowest BCUT2D eigenvalue weighted by Gasteiger charge is -2.34. The molecule has 0 saturated carbocycles. The minimum absolute atomic E-state index is 0.0817. The van der Waals surface area contributed by atoms with Crippen LogP contribution in [0.15, 0.2) is 60.3 Å². The second-order valence-electron chi connectivity index (χ2n) is 9.63. The Labute approximate surface area is 215 Å². The zero-order valence-corrected chi connectivity index (χ0v) is 21.0. The monoisotopic (exact) mass is 508 g/mol. The Kier molecular flexibility index (Phi) is 7.95. The fourth-order valence-corrected chi connectivity index (χ4v) is 4.11. The van der Waals surface area contributed by atoms with E-state index in [-0.39, 0.29) is 24.2 Å². The number of aliphatic carboxylic acids is 1. The van der Waals surface area contributed by atoms with Gasteiger partial charge in [0.1, 0.15) is 23.4 Å². The second-order valence-corrected chi connectivity index (χ2v) is 9.63. The molecule has 1 fully saturated rings. The van der Waals surface area contributed by atoms with E-state index in [4.69, 9.17) is 9.47 Å². The maximum absolute atomic E-state index is 12.6. The van der Waals surface area contributed by atoms with Gasteiger partial charge in [-0.2, -0.15) is 0 Å². The van der Waals surface area contributed by atoms with Gasteiger partial charge in [0.05, 0.1) is 25.4 Å². The minimum atomic E-state index is -1.35. The van der Waals surface area contributed by atoms with E-state index >= 15 is 0 Å². The zero-order valence-electron chi connectivity index (χ0n) is 21.0. The van der Waals surface area contributed by atoms with Crippen LogP contribution in [0.5, 0.6) is 5.75 Å². The number of carbonyl (C=O) groups excluding carboxylic acids is 1. The van der Waals surface area contributed by atoms with Crippen molar-refractivity contribution in [1.82, 2.24) is 9.97 Å². The first-order valence-electron chi connectivity index (χ1n) is 12.3. The highest BCUT2D eigenvalue weighted by atomic mass is 16.5. The third kappa shape index (κ3) is 6.99. The smallest absolute Gasteiger partial charge is 0.347 e. The van der Waals surface area contributed by atoms with Crippen molar-refractivity contribution in [2.45, 2.75) is 57.7 Å². The molecule has 1 amide bonds. The van der Waals surface area contributed by atoms with Crippen LogP contribution in [0.2, 0.25) is 0 Å². The highest BCUT2D eigenvalue weighted by Gasteiger charge is 2.29. The Balaban J connectivity index is 1.33. The van der Waals surface area contributed by atoms with Gasteiger partial charge in [-0.1, -0.05) is 18.2 Å². The number of aromatic nitrogens is 2. The van der Waals surface area contributed by atoms with Crippen molar-refractivity contribution in [3.63, 3.8) is 0 Å². The first-order valence-corrected chi connectivity index (χ1v) is 12.3. The molecule has 0 spiro atoms. The number of amides is 1. The van der Waals surface area contributed by atoms with E-state index in [2.05, 4.69) is 20.2 Å². The number of hydrogen-bond donors (Lipinski definition) is 3. The topological polar surface area (TPSA) is 134 Å². The van der Waals surface area contributed by atoms with Crippen molar-refractivity contribution in [3.8, 4) is 5.75 Å². The van der Waals surface area contributed by atoms with E-state index in [9.17, 15) is 19.8 Å². The highest BCUT2D eigenvalue weighted by Crippen LogP contribution is 2.25. The summed E-state index contributed by atoms with van der Waals surface area (Å²) in [7, 11) is 0. The van der Waals surface area contributed by atoms with E-state index in [1.54, 1.807) is 30.5 Å². The van der Waals surface area contributed by atoms with Gasteiger partial charge in [-0.25, -0.2) is 9.78 Å². The van der Waals surface area contributed by atoms with Crippen LogP contribution in [-0.4, -0.2) is 56.9 Å². The Morgan fingerprint density at radius 2 is 2.00 bits per heavy atom. The number of aliphatic hydroxyl groups is 1. The Hall–Kier alpha value is -4.08. The van der Waals surface area contributed by atoms with E-state index in [0.717, 1.165) is 31.4 Å². The number of nitrogens with zero attached hydrogens (tertiary/aromatic N) is 3. The highest BCUT2D eigenvalue weighted by molar-refractivity contribution is 5.91. The fraction of sp³-hybridized carbons (Fsp3) is 0.407. The number of carboxylic acid groups (broad SMARTS) is 1. The van der Waals surface area contributed by atoms with Gasteiger partial charge in [0.25, 0.3) is 0 Å². The fourth-order valence-electron chi connectivity index (χ4n) is 4.11. The molecule has 37 heavy (non-hydrogen) atoms. The first-order chi connectivity index (χ1) is 17.7. The van der Waals surface area contributed by atoms with Gasteiger partial charge in [-0.3, -0.25) is 9.78 Å². The molecule has 10 heteroatoms. The summed E-state index contributed by atoms with van der Waals surface area (Å²) < 4.78 is 11.5. The standard InChI is InChI=1S/C27H32N4O6/c1-27(2,26(34)35)37-19-11-9-18(10-12-19)14-25(33)30-23-15-28-16-24(29-23)31-13-5-6-20(17-31)36-22-8-4-3-7-21(22)32/h4,8-12,15-16,20,32H,3,5-7,13-14,17H2,1-2H3,(H,34,35)(H,29,30,33). The molecule has 2 heterocycles. The lowest BCUT2D eigenvalue weighted by molar-refractivity contribution is -0.152. The molecule has 3 N–H and O–H groups in total. The molecule has 0 bridgehead atoms. The normalized spacial score (nSPS) is 17.9. The summed E-state index contributed by atoms with van der Waals surface area (Å²) in [5.41, 5.74) is -0.609. The summed E-state index contributed by atoms with van der Waals surface area (Å²) in [5, 5.41) is 22.1. The molecular weight excluding hydrogens is 476 g/mol. The van der Waals surface area contributed by atoms with Crippen molar-refractivity contribution < 1.29 is 29.3 Å². The van der Waals surface area contributed by atoms with Crippen LogP contribution in [0.25, 0.3) is 0 Å². The van der Waals surface area contributed by atoms with Gasteiger partial charge < -0.3 is 29.9 Å². The number of benzene rings is 1. The van der Waals surface area contributed by atoms with Crippen LogP contribution >= 0.6 is 0 Å². The lowest BCUT2D eigenvalue weighted by atomic mass is 10.1. The van der Waals surface area contributed by atoms with Gasteiger partial charge in [-0.05, 0) is 56.9 Å². The number of piperidine rings is 1. The Morgan fingerprint density at radius 3 is 2.73 bits per heavy atom. The van der Waals surface area contributed by atoms with Crippen LogP contribution in [0.4, 0.5) is 11.6 Å². The molecule has 0 radical (unpaired) electrons. The number of carboxylic acids is 1. The third-order valence-electron chi connectivity index (χ3n) is 6.16. The molecule has 1 aromatic heterocycles. The van der Waals surface area contributed by atoms with Crippen LogP contribution in [0, 0.1) is 0 Å². The van der Waals surface area contributed by atoms with Crippen LogP contribution in [-0.2, 0) is 20.7 Å². The Bertz CT molecular complexity index is 1190. The van der Waals surface area contributed by atoms with Crippen molar-refractivity contribution >= 4 is 23.5 Å². The molecular formula is C27H32N4O6. The number of aliphatic hydroxyl groups excluding tert-OH is 1. The summed E-state index contributed by atoms with van der Waals surface area (Å²) in [4.78, 5) is 34.7. The lowest BCUT2D eigenvalue weighted by Crippen LogP contribution is -2.40. The molecule has 1 saturated heterocycles. The van der Waals surface area contributed by atoms with E-state index < -0.39 is 11.6 Å². The van der Waals surface area contributed by atoms with E-state index in [1.165, 1.54) is 20.0 Å². The largest absolute Gasteiger partial charge is 0.508 e. The summed E-state index contributed by atoms with van der Waals surface area (Å²) >= 11 is 0. The molecule has 1 aliphatic heterocycles. The molecule has 1 aliphatic carbocycles. The molecule has 2 aromatic rings. The number of rotatable bonds is 9. The third-order valence-corrected chi connectivity index (χ3v) is 6.16. The number of nitrogens with one attached hydrogen (secondary N) is 1. The minimum Gasteiger partial charge on any atom is -0.508 e. The number of ether oxygens (including phenoxy) is 2. The molecule has 1 unspecified atom stereocenters. The van der Waals surface area contributed by atoms with Crippen LogP contribution < -0.4 is 15.0 Å². The van der Waals surface area contributed by atoms with E-state index in [1.807, 2.05) is 12.2 Å². The van der Waals surface area contributed by atoms with Gasteiger partial charge in [-0.15, -0.1) is 0 Å². The molecule has 10 nitrogen and oxygen atoms in total. The van der Waals surface area contributed by atoms with Gasteiger partial charge in [0.15, 0.2) is 17.2 Å². The van der Waals surface area contributed by atoms with Crippen molar-refractivity contribution in [1.29, 1.82) is 0 Å². The van der Waals surface area contributed by atoms with Crippen molar-refractivity contribution in [2.75, 3.05) is 23.3 Å². The molecule has 1 atom stereocenters. The van der Waals surface area contributed by atoms with E-state index in [0.29, 0.717) is 36.1 Å². The summed E-state index contributed by atoms with van der Waals surface area (Å²) in [6.45, 7) is 4.34. The summed E-state index contributed by atoms with van der Waals surface area (Å²) in [6.07, 6.45) is 10.2. The molecule has 4 rings (SSSR count). The predicted octanol–water partition coefficient (Wildman–Crippen LogP) is 4.00.